The third-order valence-corrected chi connectivity index (χ3v) is 4.36. The molecule has 1 rings (SSSR count). The number of alkyl halides is 3. The van der Waals surface area contributed by atoms with Crippen LogP contribution >= 0.6 is 28.3 Å². The normalized spacial score (nSPS) is 12.9. The van der Waals surface area contributed by atoms with Crippen molar-refractivity contribution in [3.63, 3.8) is 0 Å². The van der Waals surface area contributed by atoms with Gasteiger partial charge in [-0.2, -0.15) is 13.2 Å². The maximum absolute atomic E-state index is 12.7. The van der Waals surface area contributed by atoms with Gasteiger partial charge in [0, 0.05) is 16.6 Å². The van der Waals surface area contributed by atoms with Gasteiger partial charge in [-0.15, -0.1) is 12.4 Å². The SMILES string of the molecule is CC(C)(N)CNS(=O)(=O)c1ccc(Br)c(C(F)(F)F)c1.Cl. The zero-order valence-corrected chi connectivity index (χ0v) is 14.4. The number of rotatable bonds is 4. The van der Waals surface area contributed by atoms with Gasteiger partial charge in [0.1, 0.15) is 0 Å². The van der Waals surface area contributed by atoms with Crippen LogP contribution in [0.4, 0.5) is 13.2 Å². The predicted octanol–water partition coefficient (Wildman–Crippen LogP) is 2.91. The molecule has 0 saturated carbocycles. The molecule has 21 heavy (non-hydrogen) atoms. The van der Waals surface area contributed by atoms with Crippen molar-refractivity contribution < 1.29 is 21.6 Å². The molecule has 0 heterocycles. The minimum absolute atomic E-state index is 0. The Morgan fingerprint density at radius 1 is 1.29 bits per heavy atom. The minimum Gasteiger partial charge on any atom is -0.324 e. The van der Waals surface area contributed by atoms with E-state index in [2.05, 4.69) is 20.7 Å². The van der Waals surface area contributed by atoms with Crippen molar-refractivity contribution in [1.29, 1.82) is 0 Å². The van der Waals surface area contributed by atoms with Crippen molar-refractivity contribution in [3.05, 3.63) is 28.2 Å². The van der Waals surface area contributed by atoms with Crippen molar-refractivity contribution in [2.75, 3.05) is 6.54 Å². The standard InChI is InChI=1S/C11H14BrF3N2O2S.ClH/c1-10(2,16)6-17-20(18,19)7-3-4-9(12)8(5-7)11(13,14)15;/h3-5,17H,6,16H2,1-2H3;1H. The Balaban J connectivity index is 0.00000400. The van der Waals surface area contributed by atoms with E-state index in [0.717, 1.165) is 12.1 Å². The molecule has 10 heteroatoms. The maximum Gasteiger partial charge on any atom is 0.417 e. The molecule has 0 unspecified atom stereocenters. The minimum atomic E-state index is -4.64. The molecule has 4 nitrogen and oxygen atoms in total. The Morgan fingerprint density at radius 2 is 1.81 bits per heavy atom. The Kier molecular flexibility index (Phi) is 6.71. The molecule has 0 saturated heterocycles. The summed E-state index contributed by atoms with van der Waals surface area (Å²) in [5.41, 5.74) is 3.77. The molecular weight excluding hydrogens is 397 g/mol. The second-order valence-corrected chi connectivity index (χ2v) is 7.57. The first-order valence-electron chi connectivity index (χ1n) is 5.48. The molecule has 122 valence electrons. The first kappa shape index (κ1) is 20.6. The molecule has 0 aliphatic carbocycles. The summed E-state index contributed by atoms with van der Waals surface area (Å²) in [7, 11) is -4.04. The van der Waals surface area contributed by atoms with Gasteiger partial charge in [0.05, 0.1) is 10.5 Å². The summed E-state index contributed by atoms with van der Waals surface area (Å²) >= 11 is 2.75. The Labute approximate surface area is 135 Å². The van der Waals surface area contributed by atoms with Crippen LogP contribution in [-0.2, 0) is 16.2 Å². The van der Waals surface area contributed by atoms with Crippen LogP contribution in [-0.4, -0.2) is 20.5 Å². The lowest BCUT2D eigenvalue weighted by Gasteiger charge is -2.19. The quantitative estimate of drug-likeness (QED) is 0.800. The van der Waals surface area contributed by atoms with Crippen LogP contribution in [0.15, 0.2) is 27.6 Å². The van der Waals surface area contributed by atoms with Crippen molar-refractivity contribution in [1.82, 2.24) is 4.72 Å². The summed E-state index contributed by atoms with van der Waals surface area (Å²) < 4.78 is 64.0. The maximum atomic E-state index is 12.7. The van der Waals surface area contributed by atoms with Crippen molar-refractivity contribution in [3.8, 4) is 0 Å². The fourth-order valence-corrected chi connectivity index (χ4v) is 2.97. The number of sulfonamides is 1. The number of nitrogens with one attached hydrogen (secondary N) is 1. The molecule has 0 spiro atoms. The molecule has 0 aliphatic heterocycles. The van der Waals surface area contributed by atoms with Crippen LogP contribution in [0.1, 0.15) is 19.4 Å². The van der Waals surface area contributed by atoms with Crippen LogP contribution in [0.3, 0.4) is 0 Å². The van der Waals surface area contributed by atoms with Gasteiger partial charge >= 0.3 is 6.18 Å². The summed E-state index contributed by atoms with van der Waals surface area (Å²) in [6.07, 6.45) is -4.64. The highest BCUT2D eigenvalue weighted by Gasteiger charge is 2.34. The van der Waals surface area contributed by atoms with E-state index in [0.29, 0.717) is 6.07 Å². The number of hydrogen-bond donors (Lipinski definition) is 2. The molecule has 0 amide bonds. The van der Waals surface area contributed by atoms with E-state index in [1.165, 1.54) is 0 Å². The lowest BCUT2D eigenvalue weighted by molar-refractivity contribution is -0.138. The number of nitrogens with two attached hydrogens (primary N) is 1. The molecule has 0 bridgehead atoms. The van der Waals surface area contributed by atoms with Gasteiger partial charge in [-0.05, 0) is 32.0 Å². The number of hydrogen-bond acceptors (Lipinski definition) is 3. The summed E-state index contributed by atoms with van der Waals surface area (Å²) in [5, 5.41) is 0. The van der Waals surface area contributed by atoms with Crippen LogP contribution in [0.25, 0.3) is 0 Å². The predicted molar refractivity (Wildman–Crippen MR) is 79.8 cm³/mol. The monoisotopic (exact) mass is 410 g/mol. The summed E-state index contributed by atoms with van der Waals surface area (Å²) in [5.74, 6) is 0. The van der Waals surface area contributed by atoms with E-state index in [1.54, 1.807) is 13.8 Å². The highest BCUT2D eigenvalue weighted by Crippen LogP contribution is 2.36. The Morgan fingerprint density at radius 3 is 2.24 bits per heavy atom. The molecule has 0 radical (unpaired) electrons. The van der Waals surface area contributed by atoms with E-state index in [4.69, 9.17) is 5.73 Å². The first-order chi connectivity index (χ1) is 8.83. The zero-order chi connectivity index (χ0) is 15.8. The number of benzene rings is 1. The molecule has 0 atom stereocenters. The average Bonchev–Trinajstić information content (AvgIpc) is 2.24. The van der Waals surface area contributed by atoms with Crippen LogP contribution in [0.2, 0.25) is 0 Å². The van der Waals surface area contributed by atoms with Crippen molar-refractivity contribution in [2.45, 2.75) is 30.5 Å². The van der Waals surface area contributed by atoms with E-state index < -0.39 is 32.2 Å². The Bertz CT molecular complexity index is 600. The van der Waals surface area contributed by atoms with Crippen LogP contribution < -0.4 is 10.5 Å². The van der Waals surface area contributed by atoms with Gasteiger partial charge < -0.3 is 5.73 Å². The number of halogens is 5. The molecule has 3 N–H and O–H groups in total. The summed E-state index contributed by atoms with van der Waals surface area (Å²) in [6.45, 7) is 3.10. The first-order valence-corrected chi connectivity index (χ1v) is 7.76. The summed E-state index contributed by atoms with van der Waals surface area (Å²) in [6, 6.07) is 2.71. The highest BCUT2D eigenvalue weighted by molar-refractivity contribution is 9.10. The van der Waals surface area contributed by atoms with Gasteiger partial charge in [-0.25, -0.2) is 13.1 Å². The smallest absolute Gasteiger partial charge is 0.324 e. The molecular formula is C11H15BrClF3N2O2S. The van der Waals surface area contributed by atoms with Crippen molar-refractivity contribution >= 4 is 38.4 Å². The van der Waals surface area contributed by atoms with Gasteiger partial charge in [-0.3, -0.25) is 0 Å². The molecule has 0 aromatic heterocycles. The third kappa shape index (κ3) is 6.11. The van der Waals surface area contributed by atoms with Crippen molar-refractivity contribution in [2.24, 2.45) is 5.73 Å². The van der Waals surface area contributed by atoms with Gasteiger partial charge in [0.25, 0.3) is 0 Å². The molecule has 1 aromatic carbocycles. The summed E-state index contributed by atoms with van der Waals surface area (Å²) in [4.78, 5) is -0.461. The molecule has 0 aliphatic rings. The molecule has 0 fully saturated rings. The average molecular weight is 412 g/mol. The third-order valence-electron chi connectivity index (χ3n) is 2.27. The zero-order valence-electron chi connectivity index (χ0n) is 11.2. The fraction of sp³-hybridized carbons (Fsp3) is 0.455. The van der Waals surface area contributed by atoms with E-state index in [9.17, 15) is 21.6 Å². The second kappa shape index (κ2) is 6.82. The van der Waals surface area contributed by atoms with E-state index >= 15 is 0 Å². The highest BCUT2D eigenvalue weighted by atomic mass is 79.9. The van der Waals surface area contributed by atoms with E-state index in [-0.39, 0.29) is 23.4 Å². The lowest BCUT2D eigenvalue weighted by atomic mass is 10.1. The van der Waals surface area contributed by atoms with E-state index in [1.807, 2.05) is 0 Å². The topological polar surface area (TPSA) is 72.2 Å². The Hall–Kier alpha value is -0.350. The fourth-order valence-electron chi connectivity index (χ4n) is 1.25. The van der Waals surface area contributed by atoms with Crippen LogP contribution in [0.5, 0.6) is 0 Å². The van der Waals surface area contributed by atoms with Gasteiger partial charge in [-0.1, -0.05) is 15.9 Å². The lowest BCUT2D eigenvalue weighted by Crippen LogP contribution is -2.45. The van der Waals surface area contributed by atoms with Gasteiger partial charge in [0.2, 0.25) is 10.0 Å². The largest absolute Gasteiger partial charge is 0.417 e. The molecule has 1 aromatic rings. The van der Waals surface area contributed by atoms with Gasteiger partial charge in [0.15, 0.2) is 0 Å². The second-order valence-electron chi connectivity index (χ2n) is 4.95. The van der Waals surface area contributed by atoms with Crippen LogP contribution in [0, 0.1) is 0 Å².